The first-order valence-electron chi connectivity index (χ1n) is 6.33. The normalized spacial score (nSPS) is 11.6. The standard InChI is InChI=1S/C15H19NO3/c1-3-5-13(4-2)16-10-11-19-14-8-6-12(7-9-14)15(17)18/h2,6-9,13,16H,3,5,10-11H2,1H3,(H,17,18). The number of ether oxygens (including phenoxy) is 1. The average Bonchev–Trinajstić information content (AvgIpc) is 2.42. The van der Waals surface area contributed by atoms with E-state index in [0.717, 1.165) is 12.8 Å². The van der Waals surface area contributed by atoms with Crippen molar-refractivity contribution in [1.29, 1.82) is 0 Å². The summed E-state index contributed by atoms with van der Waals surface area (Å²) in [6.45, 7) is 3.25. The Morgan fingerprint density at radius 1 is 1.47 bits per heavy atom. The molecule has 1 aromatic rings. The maximum absolute atomic E-state index is 10.7. The van der Waals surface area contributed by atoms with Gasteiger partial charge >= 0.3 is 5.97 Å². The maximum atomic E-state index is 10.7. The van der Waals surface area contributed by atoms with E-state index in [9.17, 15) is 4.79 Å². The van der Waals surface area contributed by atoms with Crippen molar-refractivity contribution in [3.63, 3.8) is 0 Å². The summed E-state index contributed by atoms with van der Waals surface area (Å²) < 4.78 is 5.49. The number of nitrogens with one attached hydrogen (secondary N) is 1. The lowest BCUT2D eigenvalue weighted by atomic mass is 10.2. The molecule has 0 fully saturated rings. The van der Waals surface area contributed by atoms with Crippen molar-refractivity contribution in [3.8, 4) is 18.1 Å². The minimum absolute atomic E-state index is 0.0861. The Kier molecular flexibility index (Phi) is 6.48. The van der Waals surface area contributed by atoms with Crippen molar-refractivity contribution in [2.75, 3.05) is 13.2 Å². The van der Waals surface area contributed by atoms with Crippen LogP contribution in [0.3, 0.4) is 0 Å². The molecule has 0 aliphatic heterocycles. The summed E-state index contributed by atoms with van der Waals surface area (Å²) in [5.74, 6) is 2.40. The zero-order valence-electron chi connectivity index (χ0n) is 11.1. The molecule has 2 N–H and O–H groups in total. The van der Waals surface area contributed by atoms with Crippen LogP contribution in [0.15, 0.2) is 24.3 Å². The average molecular weight is 261 g/mol. The second-order valence-electron chi connectivity index (χ2n) is 4.14. The van der Waals surface area contributed by atoms with Gasteiger partial charge in [-0.2, -0.15) is 0 Å². The molecular weight excluding hydrogens is 242 g/mol. The molecule has 1 unspecified atom stereocenters. The van der Waals surface area contributed by atoms with Gasteiger partial charge in [-0.3, -0.25) is 0 Å². The zero-order valence-corrected chi connectivity index (χ0v) is 11.1. The van der Waals surface area contributed by atoms with Crippen LogP contribution < -0.4 is 10.1 Å². The van der Waals surface area contributed by atoms with Crippen LogP contribution in [0.1, 0.15) is 30.1 Å². The first-order chi connectivity index (χ1) is 9.17. The lowest BCUT2D eigenvalue weighted by Crippen LogP contribution is -2.31. The lowest BCUT2D eigenvalue weighted by molar-refractivity contribution is 0.0697. The van der Waals surface area contributed by atoms with Gasteiger partial charge in [-0.05, 0) is 30.7 Å². The number of carbonyl (C=O) groups is 1. The highest BCUT2D eigenvalue weighted by Gasteiger charge is 2.03. The number of hydrogen-bond acceptors (Lipinski definition) is 3. The molecule has 1 atom stereocenters. The van der Waals surface area contributed by atoms with Gasteiger partial charge in [0.15, 0.2) is 0 Å². The molecular formula is C15H19NO3. The summed E-state index contributed by atoms with van der Waals surface area (Å²) in [6, 6.07) is 6.42. The highest BCUT2D eigenvalue weighted by atomic mass is 16.5. The van der Waals surface area contributed by atoms with E-state index in [0.29, 0.717) is 18.9 Å². The molecule has 0 radical (unpaired) electrons. The second kappa shape index (κ2) is 8.17. The number of terminal acetylenes is 1. The third kappa shape index (κ3) is 5.45. The predicted molar refractivity (Wildman–Crippen MR) is 74.4 cm³/mol. The van der Waals surface area contributed by atoms with Crippen LogP contribution in [0.2, 0.25) is 0 Å². The van der Waals surface area contributed by atoms with Crippen molar-refractivity contribution in [3.05, 3.63) is 29.8 Å². The van der Waals surface area contributed by atoms with Crippen LogP contribution in [0, 0.1) is 12.3 Å². The van der Waals surface area contributed by atoms with Gasteiger partial charge in [0.1, 0.15) is 12.4 Å². The number of rotatable bonds is 8. The van der Waals surface area contributed by atoms with Crippen molar-refractivity contribution < 1.29 is 14.6 Å². The van der Waals surface area contributed by atoms with Crippen LogP contribution in [-0.2, 0) is 0 Å². The van der Waals surface area contributed by atoms with Crippen LogP contribution >= 0.6 is 0 Å². The minimum atomic E-state index is -0.940. The van der Waals surface area contributed by atoms with E-state index in [1.807, 2.05) is 0 Å². The molecule has 19 heavy (non-hydrogen) atoms. The van der Waals surface area contributed by atoms with E-state index in [2.05, 4.69) is 18.2 Å². The van der Waals surface area contributed by atoms with Gasteiger partial charge in [-0.1, -0.05) is 19.3 Å². The Bertz CT molecular complexity index is 434. The second-order valence-corrected chi connectivity index (χ2v) is 4.14. The van der Waals surface area contributed by atoms with E-state index >= 15 is 0 Å². The number of carboxylic acids is 1. The monoisotopic (exact) mass is 261 g/mol. The Hall–Kier alpha value is -1.99. The van der Waals surface area contributed by atoms with E-state index in [1.165, 1.54) is 12.1 Å². The summed E-state index contributed by atoms with van der Waals surface area (Å²) in [7, 11) is 0. The van der Waals surface area contributed by atoms with Crippen LogP contribution in [0.5, 0.6) is 5.75 Å². The molecule has 0 aliphatic rings. The van der Waals surface area contributed by atoms with Gasteiger partial charge in [0, 0.05) is 6.54 Å². The summed E-state index contributed by atoms with van der Waals surface area (Å²) >= 11 is 0. The number of carboxylic acid groups (broad SMARTS) is 1. The molecule has 0 bridgehead atoms. The lowest BCUT2D eigenvalue weighted by Gasteiger charge is -2.12. The first kappa shape index (κ1) is 15.1. The van der Waals surface area contributed by atoms with Gasteiger partial charge in [0.05, 0.1) is 11.6 Å². The molecule has 1 rings (SSSR count). The smallest absolute Gasteiger partial charge is 0.335 e. The predicted octanol–water partition coefficient (Wildman–Crippen LogP) is 2.16. The molecule has 4 nitrogen and oxygen atoms in total. The van der Waals surface area contributed by atoms with E-state index < -0.39 is 5.97 Å². The molecule has 0 heterocycles. The SMILES string of the molecule is C#CC(CCC)NCCOc1ccc(C(=O)O)cc1. The number of benzene rings is 1. The highest BCUT2D eigenvalue weighted by Crippen LogP contribution is 2.11. The molecule has 0 aliphatic carbocycles. The minimum Gasteiger partial charge on any atom is -0.492 e. The third-order valence-corrected chi connectivity index (χ3v) is 2.64. The van der Waals surface area contributed by atoms with Gasteiger partial charge in [0.2, 0.25) is 0 Å². The van der Waals surface area contributed by atoms with Crippen molar-refractivity contribution in [2.24, 2.45) is 0 Å². The number of hydrogen-bond donors (Lipinski definition) is 2. The van der Waals surface area contributed by atoms with E-state index in [1.54, 1.807) is 12.1 Å². The Morgan fingerprint density at radius 2 is 2.16 bits per heavy atom. The van der Waals surface area contributed by atoms with Gasteiger partial charge in [-0.15, -0.1) is 6.42 Å². The summed E-state index contributed by atoms with van der Waals surface area (Å²) in [6.07, 6.45) is 7.38. The van der Waals surface area contributed by atoms with E-state index in [4.69, 9.17) is 16.3 Å². The molecule has 0 spiro atoms. The van der Waals surface area contributed by atoms with Gasteiger partial charge in [-0.25, -0.2) is 4.79 Å². The van der Waals surface area contributed by atoms with Crippen LogP contribution in [0.25, 0.3) is 0 Å². The first-order valence-corrected chi connectivity index (χ1v) is 6.33. The molecule has 4 heteroatoms. The van der Waals surface area contributed by atoms with Crippen molar-refractivity contribution in [2.45, 2.75) is 25.8 Å². The molecule has 0 aromatic heterocycles. The summed E-state index contributed by atoms with van der Waals surface area (Å²) in [4.78, 5) is 10.7. The maximum Gasteiger partial charge on any atom is 0.335 e. The summed E-state index contributed by atoms with van der Waals surface area (Å²) in [5, 5.41) is 12.0. The molecule has 0 saturated heterocycles. The van der Waals surface area contributed by atoms with E-state index in [-0.39, 0.29) is 11.6 Å². The quantitative estimate of drug-likeness (QED) is 0.556. The van der Waals surface area contributed by atoms with Crippen molar-refractivity contribution >= 4 is 5.97 Å². The fourth-order valence-corrected chi connectivity index (χ4v) is 1.63. The summed E-state index contributed by atoms with van der Waals surface area (Å²) in [5.41, 5.74) is 0.251. The zero-order chi connectivity index (χ0) is 14.1. The highest BCUT2D eigenvalue weighted by molar-refractivity contribution is 5.87. The molecule has 1 aromatic carbocycles. The fraction of sp³-hybridized carbons (Fsp3) is 0.400. The Morgan fingerprint density at radius 3 is 2.68 bits per heavy atom. The largest absolute Gasteiger partial charge is 0.492 e. The molecule has 102 valence electrons. The molecule has 0 amide bonds. The molecule has 0 saturated carbocycles. The third-order valence-electron chi connectivity index (χ3n) is 2.64. The number of aromatic carboxylic acids is 1. The Labute approximate surface area is 113 Å². The van der Waals surface area contributed by atoms with Crippen molar-refractivity contribution in [1.82, 2.24) is 5.32 Å². The van der Waals surface area contributed by atoms with Gasteiger partial charge in [0.25, 0.3) is 0 Å². The topological polar surface area (TPSA) is 58.6 Å². The fourth-order valence-electron chi connectivity index (χ4n) is 1.63. The Balaban J connectivity index is 2.29. The van der Waals surface area contributed by atoms with Gasteiger partial charge < -0.3 is 15.2 Å². The van der Waals surface area contributed by atoms with Crippen LogP contribution in [0.4, 0.5) is 0 Å². The van der Waals surface area contributed by atoms with Crippen LogP contribution in [-0.4, -0.2) is 30.3 Å².